The van der Waals surface area contributed by atoms with Gasteiger partial charge in [0, 0.05) is 44.1 Å². The number of aryl methyl sites for hydroxylation is 4. The lowest BCUT2D eigenvalue weighted by Gasteiger charge is -2.07. The fraction of sp³-hybridized carbons (Fsp3) is 0.500. The summed E-state index contributed by atoms with van der Waals surface area (Å²) in [7, 11) is 0. The van der Waals surface area contributed by atoms with Gasteiger partial charge in [0.05, 0.1) is 6.20 Å². The number of hydrogen-bond acceptors (Lipinski definition) is 3. The summed E-state index contributed by atoms with van der Waals surface area (Å²) in [6.07, 6.45) is 6.87. The number of nitrogens with one attached hydrogen (secondary N) is 1. The smallest absolute Gasteiger partial charge is 0.221 e. The number of nitrogens with zero attached hydrogens (tertiary/aromatic N) is 4. The molecule has 0 saturated carbocycles. The Labute approximate surface area is 118 Å². The van der Waals surface area contributed by atoms with Gasteiger partial charge in [0.1, 0.15) is 0 Å². The van der Waals surface area contributed by atoms with Crippen LogP contribution in [0.3, 0.4) is 0 Å². The summed E-state index contributed by atoms with van der Waals surface area (Å²) in [5, 5.41) is 11.3. The monoisotopic (exact) mass is 275 g/mol. The molecule has 2 aromatic heterocycles. The highest BCUT2D eigenvalue weighted by atomic mass is 16.1. The number of amides is 1. The number of carbonyl (C=O) groups excluding carboxylic acids is 1. The molecule has 6 heteroatoms. The molecule has 0 atom stereocenters. The lowest BCUT2D eigenvalue weighted by atomic mass is 10.3. The summed E-state index contributed by atoms with van der Waals surface area (Å²) in [5.74, 6) is 0.0651. The van der Waals surface area contributed by atoms with Crippen LogP contribution in [0.1, 0.15) is 24.1 Å². The molecule has 0 aromatic carbocycles. The van der Waals surface area contributed by atoms with Gasteiger partial charge in [-0.25, -0.2) is 0 Å². The zero-order valence-corrected chi connectivity index (χ0v) is 12.0. The lowest BCUT2D eigenvalue weighted by molar-refractivity contribution is -0.121. The van der Waals surface area contributed by atoms with E-state index in [-0.39, 0.29) is 5.91 Å². The van der Waals surface area contributed by atoms with Crippen LogP contribution in [0, 0.1) is 13.8 Å². The van der Waals surface area contributed by atoms with Crippen LogP contribution in [-0.4, -0.2) is 32.0 Å². The van der Waals surface area contributed by atoms with Gasteiger partial charge in [0.2, 0.25) is 5.91 Å². The molecule has 0 aliphatic heterocycles. The topological polar surface area (TPSA) is 64.7 Å². The number of rotatable bonds is 7. The summed E-state index contributed by atoms with van der Waals surface area (Å²) in [4.78, 5) is 11.7. The van der Waals surface area contributed by atoms with Crippen molar-refractivity contribution in [1.82, 2.24) is 24.9 Å². The second-order valence-corrected chi connectivity index (χ2v) is 4.93. The SMILES string of the molecule is Cc1cnn(CCC(=O)NCCCn2nccc2C)c1. The maximum Gasteiger partial charge on any atom is 0.221 e. The molecule has 2 aromatic rings. The van der Waals surface area contributed by atoms with Crippen LogP contribution in [0.2, 0.25) is 0 Å². The van der Waals surface area contributed by atoms with E-state index in [1.54, 1.807) is 17.1 Å². The Morgan fingerprint density at radius 1 is 1.30 bits per heavy atom. The Balaban J connectivity index is 1.59. The van der Waals surface area contributed by atoms with Gasteiger partial charge in [-0.15, -0.1) is 0 Å². The van der Waals surface area contributed by atoms with E-state index in [1.807, 2.05) is 30.8 Å². The third kappa shape index (κ3) is 4.22. The van der Waals surface area contributed by atoms with Crippen molar-refractivity contribution in [3.05, 3.63) is 35.9 Å². The quantitative estimate of drug-likeness (QED) is 0.774. The molecule has 0 bridgehead atoms. The second-order valence-electron chi connectivity index (χ2n) is 4.93. The predicted octanol–water partition coefficient (Wildman–Crippen LogP) is 1.29. The average molecular weight is 275 g/mol. The third-order valence-electron chi connectivity index (χ3n) is 3.13. The van der Waals surface area contributed by atoms with E-state index in [4.69, 9.17) is 0 Å². The molecule has 0 spiro atoms. The fourth-order valence-corrected chi connectivity index (χ4v) is 1.98. The minimum absolute atomic E-state index is 0.0651. The zero-order valence-electron chi connectivity index (χ0n) is 12.0. The van der Waals surface area contributed by atoms with Crippen LogP contribution in [0.4, 0.5) is 0 Å². The summed E-state index contributed by atoms with van der Waals surface area (Å²) >= 11 is 0. The van der Waals surface area contributed by atoms with Crippen molar-refractivity contribution in [2.24, 2.45) is 0 Å². The molecule has 0 saturated heterocycles. The molecular formula is C14H21N5O. The van der Waals surface area contributed by atoms with Crippen LogP contribution in [0.25, 0.3) is 0 Å². The van der Waals surface area contributed by atoms with Gasteiger partial charge in [0.25, 0.3) is 0 Å². The van der Waals surface area contributed by atoms with Crippen LogP contribution in [0.5, 0.6) is 0 Å². The van der Waals surface area contributed by atoms with E-state index in [0.717, 1.165) is 24.2 Å². The summed E-state index contributed by atoms with van der Waals surface area (Å²) in [6, 6.07) is 1.98. The summed E-state index contributed by atoms with van der Waals surface area (Å²) in [6.45, 7) is 6.14. The second kappa shape index (κ2) is 6.88. The van der Waals surface area contributed by atoms with Gasteiger partial charge in [-0.3, -0.25) is 14.2 Å². The van der Waals surface area contributed by atoms with Crippen LogP contribution < -0.4 is 5.32 Å². The average Bonchev–Trinajstić information content (AvgIpc) is 3.01. The number of hydrogen-bond donors (Lipinski definition) is 1. The van der Waals surface area contributed by atoms with Gasteiger partial charge in [-0.05, 0) is 31.9 Å². The van der Waals surface area contributed by atoms with Crippen molar-refractivity contribution < 1.29 is 4.79 Å². The van der Waals surface area contributed by atoms with Crippen LogP contribution in [-0.2, 0) is 17.9 Å². The Morgan fingerprint density at radius 3 is 2.80 bits per heavy atom. The van der Waals surface area contributed by atoms with Crippen molar-refractivity contribution in [1.29, 1.82) is 0 Å². The first-order valence-corrected chi connectivity index (χ1v) is 6.89. The highest BCUT2D eigenvalue weighted by molar-refractivity contribution is 5.75. The maximum atomic E-state index is 11.7. The Morgan fingerprint density at radius 2 is 2.15 bits per heavy atom. The maximum absolute atomic E-state index is 11.7. The minimum atomic E-state index is 0.0651. The number of carbonyl (C=O) groups is 1. The molecule has 0 aliphatic carbocycles. The van der Waals surface area contributed by atoms with E-state index in [0.29, 0.717) is 19.5 Å². The Kier molecular flexibility index (Phi) is 4.92. The molecular weight excluding hydrogens is 254 g/mol. The molecule has 1 N–H and O–H groups in total. The van der Waals surface area contributed by atoms with Crippen molar-refractivity contribution >= 4 is 5.91 Å². The van der Waals surface area contributed by atoms with Crippen LogP contribution >= 0.6 is 0 Å². The molecule has 2 heterocycles. The Bertz CT molecular complexity index is 557. The van der Waals surface area contributed by atoms with Gasteiger partial charge < -0.3 is 5.32 Å². The lowest BCUT2D eigenvalue weighted by Crippen LogP contribution is -2.26. The highest BCUT2D eigenvalue weighted by Crippen LogP contribution is 1.98. The van der Waals surface area contributed by atoms with E-state index in [1.165, 1.54) is 0 Å². The Hall–Kier alpha value is -2.11. The molecule has 0 aliphatic rings. The summed E-state index contributed by atoms with van der Waals surface area (Å²) in [5.41, 5.74) is 2.25. The van der Waals surface area contributed by atoms with E-state index < -0.39 is 0 Å². The number of aromatic nitrogens is 4. The van der Waals surface area contributed by atoms with Crippen molar-refractivity contribution in [2.75, 3.05) is 6.54 Å². The molecule has 20 heavy (non-hydrogen) atoms. The molecule has 0 radical (unpaired) electrons. The van der Waals surface area contributed by atoms with Gasteiger partial charge >= 0.3 is 0 Å². The first-order valence-electron chi connectivity index (χ1n) is 6.89. The highest BCUT2D eigenvalue weighted by Gasteiger charge is 2.02. The normalized spacial score (nSPS) is 10.7. The van der Waals surface area contributed by atoms with Gasteiger partial charge in [-0.1, -0.05) is 0 Å². The molecule has 108 valence electrons. The van der Waals surface area contributed by atoms with E-state index in [2.05, 4.69) is 15.5 Å². The first-order chi connectivity index (χ1) is 9.65. The minimum Gasteiger partial charge on any atom is -0.356 e. The fourth-order valence-electron chi connectivity index (χ4n) is 1.98. The molecule has 6 nitrogen and oxygen atoms in total. The predicted molar refractivity (Wildman–Crippen MR) is 76.2 cm³/mol. The van der Waals surface area contributed by atoms with Crippen molar-refractivity contribution in [2.45, 2.75) is 39.8 Å². The van der Waals surface area contributed by atoms with E-state index >= 15 is 0 Å². The third-order valence-corrected chi connectivity index (χ3v) is 3.13. The van der Waals surface area contributed by atoms with Gasteiger partial charge in [0.15, 0.2) is 0 Å². The zero-order chi connectivity index (χ0) is 14.4. The first kappa shape index (κ1) is 14.3. The van der Waals surface area contributed by atoms with Crippen LogP contribution in [0.15, 0.2) is 24.7 Å². The van der Waals surface area contributed by atoms with Crippen molar-refractivity contribution in [3.63, 3.8) is 0 Å². The standard InChI is InChI=1S/C14H21N5O/c1-12-10-17-18(11-12)9-5-14(20)15-6-3-8-19-13(2)4-7-16-19/h4,7,10-11H,3,5-6,8-9H2,1-2H3,(H,15,20). The molecule has 0 fully saturated rings. The van der Waals surface area contributed by atoms with Gasteiger partial charge in [-0.2, -0.15) is 10.2 Å². The molecule has 1 amide bonds. The molecule has 0 unspecified atom stereocenters. The summed E-state index contributed by atoms with van der Waals surface area (Å²) < 4.78 is 3.74. The molecule has 2 rings (SSSR count). The van der Waals surface area contributed by atoms with Crippen molar-refractivity contribution in [3.8, 4) is 0 Å². The van der Waals surface area contributed by atoms with E-state index in [9.17, 15) is 4.79 Å². The largest absolute Gasteiger partial charge is 0.356 e.